The number of aryl methyl sites for hydroxylation is 1. The molecule has 0 saturated carbocycles. The van der Waals surface area contributed by atoms with Crippen molar-refractivity contribution in [2.75, 3.05) is 11.9 Å². The fourth-order valence-electron chi connectivity index (χ4n) is 1.97. The molecule has 0 aromatic heterocycles. The highest BCUT2D eigenvalue weighted by molar-refractivity contribution is 9.13. The maximum absolute atomic E-state index is 8.87. The van der Waals surface area contributed by atoms with Crippen LogP contribution in [0.2, 0.25) is 0 Å². The van der Waals surface area contributed by atoms with Gasteiger partial charge >= 0.3 is 0 Å². The average Bonchev–Trinajstić information content (AvgIpc) is 2.47. The first-order chi connectivity index (χ1) is 9.69. The summed E-state index contributed by atoms with van der Waals surface area (Å²) in [7, 11) is 0. The Bertz CT molecular complexity index is 572. The van der Waals surface area contributed by atoms with Gasteiger partial charge in [-0.15, -0.1) is 0 Å². The standard InChI is InChI=1S/C16H17Br2NO/c17-15-7-6-13(10-16(15)18)11-19-14-5-1-3-12(9-14)4-2-8-20/h1,3,5-7,9-10,19-20H,2,4,8,11H2. The van der Waals surface area contributed by atoms with Crippen LogP contribution in [0, 0.1) is 0 Å². The molecule has 20 heavy (non-hydrogen) atoms. The van der Waals surface area contributed by atoms with E-state index < -0.39 is 0 Å². The summed E-state index contributed by atoms with van der Waals surface area (Å²) in [5, 5.41) is 12.3. The molecule has 0 fully saturated rings. The topological polar surface area (TPSA) is 32.3 Å². The molecule has 0 radical (unpaired) electrons. The van der Waals surface area contributed by atoms with Crippen molar-refractivity contribution in [3.8, 4) is 0 Å². The number of rotatable bonds is 6. The molecule has 2 aromatic rings. The Hall–Kier alpha value is -0.840. The third-order valence-electron chi connectivity index (χ3n) is 3.03. The molecule has 0 aliphatic rings. The Balaban J connectivity index is 1.97. The van der Waals surface area contributed by atoms with Gasteiger partial charge in [-0.2, -0.15) is 0 Å². The van der Waals surface area contributed by atoms with Crippen LogP contribution in [0.15, 0.2) is 51.4 Å². The summed E-state index contributed by atoms with van der Waals surface area (Å²) in [5.74, 6) is 0. The SMILES string of the molecule is OCCCc1cccc(NCc2ccc(Br)c(Br)c2)c1. The van der Waals surface area contributed by atoms with Crippen molar-refractivity contribution in [2.45, 2.75) is 19.4 Å². The van der Waals surface area contributed by atoms with Gasteiger partial charge in [-0.3, -0.25) is 0 Å². The third kappa shape index (κ3) is 4.62. The molecule has 2 rings (SSSR count). The maximum atomic E-state index is 8.87. The van der Waals surface area contributed by atoms with Gasteiger partial charge in [0.25, 0.3) is 0 Å². The van der Waals surface area contributed by atoms with Crippen molar-refractivity contribution >= 4 is 37.5 Å². The second-order valence-corrected chi connectivity index (χ2v) is 6.34. The Morgan fingerprint density at radius 1 is 0.950 bits per heavy atom. The van der Waals surface area contributed by atoms with Gasteiger partial charge in [0.2, 0.25) is 0 Å². The molecule has 2 N–H and O–H groups in total. The number of aliphatic hydroxyl groups is 1. The first kappa shape index (κ1) is 15.5. The Morgan fingerprint density at radius 3 is 2.55 bits per heavy atom. The molecular weight excluding hydrogens is 382 g/mol. The van der Waals surface area contributed by atoms with Crippen molar-refractivity contribution in [3.05, 3.63) is 62.5 Å². The number of nitrogens with one attached hydrogen (secondary N) is 1. The molecule has 0 saturated heterocycles. The van der Waals surface area contributed by atoms with Gasteiger partial charge in [0.15, 0.2) is 0 Å². The average molecular weight is 399 g/mol. The Morgan fingerprint density at radius 2 is 1.80 bits per heavy atom. The van der Waals surface area contributed by atoms with E-state index in [1.54, 1.807) is 0 Å². The Kier molecular flexibility index (Phi) is 6.07. The predicted octanol–water partition coefficient (Wildman–Crippen LogP) is 4.75. The number of aliphatic hydroxyl groups excluding tert-OH is 1. The molecule has 2 nitrogen and oxygen atoms in total. The monoisotopic (exact) mass is 397 g/mol. The van der Waals surface area contributed by atoms with Crippen LogP contribution in [0.3, 0.4) is 0 Å². The van der Waals surface area contributed by atoms with Crippen LogP contribution in [-0.4, -0.2) is 11.7 Å². The van der Waals surface area contributed by atoms with Gasteiger partial charge < -0.3 is 10.4 Å². The number of anilines is 1. The highest BCUT2D eigenvalue weighted by Crippen LogP contribution is 2.24. The second-order valence-electron chi connectivity index (χ2n) is 4.63. The van der Waals surface area contributed by atoms with Crippen LogP contribution in [0.4, 0.5) is 5.69 Å². The first-order valence-corrected chi connectivity index (χ1v) is 8.15. The van der Waals surface area contributed by atoms with Crippen molar-refractivity contribution in [3.63, 3.8) is 0 Å². The molecule has 0 heterocycles. The molecule has 0 atom stereocenters. The quantitative estimate of drug-likeness (QED) is 0.735. The van der Waals surface area contributed by atoms with E-state index in [0.717, 1.165) is 34.0 Å². The lowest BCUT2D eigenvalue weighted by Gasteiger charge is -2.09. The normalized spacial score (nSPS) is 10.6. The molecule has 106 valence electrons. The fourth-order valence-corrected chi connectivity index (χ4v) is 2.65. The van der Waals surface area contributed by atoms with E-state index in [1.807, 2.05) is 12.1 Å². The molecule has 0 aliphatic carbocycles. The van der Waals surface area contributed by atoms with Crippen LogP contribution in [-0.2, 0) is 13.0 Å². The predicted molar refractivity (Wildman–Crippen MR) is 91.0 cm³/mol. The van der Waals surface area contributed by atoms with Gasteiger partial charge in [-0.1, -0.05) is 18.2 Å². The van der Waals surface area contributed by atoms with E-state index in [2.05, 4.69) is 67.5 Å². The van der Waals surface area contributed by atoms with Gasteiger partial charge in [-0.05, 0) is 80.1 Å². The maximum Gasteiger partial charge on any atom is 0.0434 e. The molecule has 0 spiro atoms. The van der Waals surface area contributed by atoms with E-state index in [1.165, 1.54) is 11.1 Å². The zero-order chi connectivity index (χ0) is 14.4. The number of halogens is 2. The first-order valence-electron chi connectivity index (χ1n) is 6.56. The van der Waals surface area contributed by atoms with Gasteiger partial charge in [0, 0.05) is 27.8 Å². The Labute approximate surface area is 136 Å². The third-order valence-corrected chi connectivity index (χ3v) is 4.91. The van der Waals surface area contributed by atoms with Crippen molar-refractivity contribution < 1.29 is 5.11 Å². The highest BCUT2D eigenvalue weighted by Gasteiger charge is 2.00. The summed E-state index contributed by atoms with van der Waals surface area (Å²) in [6.07, 6.45) is 1.72. The zero-order valence-corrected chi connectivity index (χ0v) is 14.2. The van der Waals surface area contributed by atoms with Crippen LogP contribution in [0.5, 0.6) is 0 Å². The summed E-state index contributed by atoms with van der Waals surface area (Å²) in [4.78, 5) is 0. The van der Waals surface area contributed by atoms with E-state index in [9.17, 15) is 0 Å². The van der Waals surface area contributed by atoms with Gasteiger partial charge in [0.1, 0.15) is 0 Å². The smallest absolute Gasteiger partial charge is 0.0434 e. The summed E-state index contributed by atoms with van der Waals surface area (Å²) < 4.78 is 2.13. The minimum atomic E-state index is 0.241. The zero-order valence-electron chi connectivity index (χ0n) is 11.1. The van der Waals surface area contributed by atoms with Gasteiger partial charge in [0.05, 0.1) is 0 Å². The summed E-state index contributed by atoms with van der Waals surface area (Å²) >= 11 is 6.99. The second kappa shape index (κ2) is 7.81. The minimum absolute atomic E-state index is 0.241. The van der Waals surface area contributed by atoms with E-state index in [4.69, 9.17) is 5.11 Å². The number of benzene rings is 2. The van der Waals surface area contributed by atoms with E-state index in [-0.39, 0.29) is 6.61 Å². The lowest BCUT2D eigenvalue weighted by atomic mass is 10.1. The molecule has 0 aliphatic heterocycles. The molecule has 0 amide bonds. The minimum Gasteiger partial charge on any atom is -0.396 e. The van der Waals surface area contributed by atoms with Crippen LogP contribution in [0.1, 0.15) is 17.5 Å². The van der Waals surface area contributed by atoms with Crippen molar-refractivity contribution in [1.82, 2.24) is 0 Å². The molecule has 2 aromatic carbocycles. The lowest BCUT2D eigenvalue weighted by molar-refractivity contribution is 0.288. The molecule has 0 unspecified atom stereocenters. The van der Waals surface area contributed by atoms with Gasteiger partial charge in [-0.25, -0.2) is 0 Å². The van der Waals surface area contributed by atoms with Crippen molar-refractivity contribution in [1.29, 1.82) is 0 Å². The molecular formula is C16H17Br2NO. The van der Waals surface area contributed by atoms with E-state index in [0.29, 0.717) is 0 Å². The summed E-state index contributed by atoms with van der Waals surface area (Å²) in [6, 6.07) is 14.6. The highest BCUT2D eigenvalue weighted by atomic mass is 79.9. The van der Waals surface area contributed by atoms with Crippen LogP contribution in [0.25, 0.3) is 0 Å². The molecule has 0 bridgehead atoms. The fraction of sp³-hybridized carbons (Fsp3) is 0.250. The molecule has 4 heteroatoms. The summed E-state index contributed by atoms with van der Waals surface area (Å²) in [5.41, 5.74) is 3.58. The van der Waals surface area contributed by atoms with Crippen LogP contribution >= 0.6 is 31.9 Å². The van der Waals surface area contributed by atoms with Crippen LogP contribution < -0.4 is 5.32 Å². The largest absolute Gasteiger partial charge is 0.396 e. The van der Waals surface area contributed by atoms with Crippen molar-refractivity contribution in [2.24, 2.45) is 0 Å². The summed E-state index contributed by atoms with van der Waals surface area (Å²) in [6.45, 7) is 1.03. The number of hydrogen-bond donors (Lipinski definition) is 2. The number of hydrogen-bond acceptors (Lipinski definition) is 2. The van der Waals surface area contributed by atoms with E-state index >= 15 is 0 Å². The lowest BCUT2D eigenvalue weighted by Crippen LogP contribution is -2.00.